The van der Waals surface area contributed by atoms with Crippen LogP contribution in [0.2, 0.25) is 0 Å². The molecular formula is C17H15NO. The van der Waals surface area contributed by atoms with E-state index in [-0.39, 0.29) is 0 Å². The van der Waals surface area contributed by atoms with Crippen LogP contribution in [0.15, 0.2) is 66.9 Å². The molecule has 3 rings (SSSR count). The zero-order valence-corrected chi connectivity index (χ0v) is 10.5. The second kappa shape index (κ2) is 5.21. The number of aliphatic hydroxyl groups excluding tert-OH is 1. The van der Waals surface area contributed by atoms with Gasteiger partial charge in [-0.1, -0.05) is 54.6 Å². The van der Waals surface area contributed by atoms with Gasteiger partial charge in [-0.05, 0) is 17.0 Å². The van der Waals surface area contributed by atoms with Gasteiger partial charge in [0.1, 0.15) is 0 Å². The number of aromatic nitrogens is 1. The maximum atomic E-state index is 10.3. The maximum absolute atomic E-state index is 10.3. The minimum absolute atomic E-state index is 0.514. The van der Waals surface area contributed by atoms with Gasteiger partial charge in [0, 0.05) is 18.0 Å². The lowest BCUT2D eigenvalue weighted by Crippen LogP contribution is -2.03. The molecule has 2 heteroatoms. The fourth-order valence-corrected chi connectivity index (χ4v) is 2.32. The number of rotatable bonds is 3. The highest BCUT2D eigenvalue weighted by molar-refractivity contribution is 5.84. The molecule has 2 nitrogen and oxygen atoms in total. The molecule has 0 radical (unpaired) electrons. The van der Waals surface area contributed by atoms with Gasteiger partial charge in [0.25, 0.3) is 0 Å². The van der Waals surface area contributed by atoms with E-state index < -0.39 is 6.10 Å². The third-order valence-electron chi connectivity index (χ3n) is 3.33. The van der Waals surface area contributed by atoms with Crippen molar-refractivity contribution in [2.75, 3.05) is 0 Å². The molecule has 0 saturated carbocycles. The van der Waals surface area contributed by atoms with Crippen LogP contribution >= 0.6 is 0 Å². The van der Waals surface area contributed by atoms with E-state index in [1.807, 2.05) is 48.5 Å². The predicted octanol–water partition coefficient (Wildman–Crippen LogP) is 3.51. The van der Waals surface area contributed by atoms with Gasteiger partial charge in [0.05, 0.1) is 11.8 Å². The Balaban J connectivity index is 1.94. The zero-order chi connectivity index (χ0) is 13.1. The van der Waals surface area contributed by atoms with Gasteiger partial charge in [-0.2, -0.15) is 0 Å². The summed E-state index contributed by atoms with van der Waals surface area (Å²) < 4.78 is 0. The van der Waals surface area contributed by atoms with Gasteiger partial charge in [-0.15, -0.1) is 0 Å². The molecule has 1 aromatic heterocycles. The quantitative estimate of drug-likeness (QED) is 0.770. The topological polar surface area (TPSA) is 33.1 Å². The van der Waals surface area contributed by atoms with Crippen molar-refractivity contribution in [3.05, 3.63) is 78.1 Å². The number of nitrogens with zero attached hydrogens (tertiary/aromatic N) is 1. The van der Waals surface area contributed by atoms with E-state index in [2.05, 4.69) is 17.1 Å². The van der Waals surface area contributed by atoms with E-state index >= 15 is 0 Å². The van der Waals surface area contributed by atoms with E-state index in [4.69, 9.17) is 0 Å². The summed E-state index contributed by atoms with van der Waals surface area (Å²) in [7, 11) is 0. The van der Waals surface area contributed by atoms with Crippen LogP contribution in [-0.4, -0.2) is 10.1 Å². The molecule has 0 bridgehead atoms. The Hall–Kier alpha value is -2.19. The summed E-state index contributed by atoms with van der Waals surface area (Å²) in [6.07, 6.45) is 1.82. The number of benzene rings is 2. The first kappa shape index (κ1) is 11.9. The Bertz CT molecular complexity index is 674. The molecule has 0 saturated heterocycles. The van der Waals surface area contributed by atoms with Crippen LogP contribution in [0.25, 0.3) is 10.8 Å². The second-order valence-electron chi connectivity index (χ2n) is 4.61. The summed E-state index contributed by atoms with van der Waals surface area (Å²) in [6.45, 7) is 0. The first-order valence-electron chi connectivity index (χ1n) is 6.40. The van der Waals surface area contributed by atoms with E-state index in [9.17, 15) is 5.11 Å². The average Bonchev–Trinajstić information content (AvgIpc) is 2.48. The average molecular weight is 249 g/mol. The summed E-state index contributed by atoms with van der Waals surface area (Å²) in [4.78, 5) is 4.41. The molecule has 0 amide bonds. The molecule has 1 unspecified atom stereocenters. The summed E-state index contributed by atoms with van der Waals surface area (Å²) in [5.74, 6) is 0. The Labute approximate surface area is 112 Å². The molecular weight excluding hydrogens is 234 g/mol. The molecule has 1 N–H and O–H groups in total. The molecule has 0 aliphatic heterocycles. The number of aliphatic hydroxyl groups is 1. The lowest BCUT2D eigenvalue weighted by Gasteiger charge is -2.12. The zero-order valence-electron chi connectivity index (χ0n) is 10.5. The lowest BCUT2D eigenvalue weighted by atomic mass is 10.0. The van der Waals surface area contributed by atoms with Gasteiger partial charge < -0.3 is 5.11 Å². The van der Waals surface area contributed by atoms with Gasteiger partial charge in [0.2, 0.25) is 0 Å². The van der Waals surface area contributed by atoms with Crippen molar-refractivity contribution < 1.29 is 5.11 Å². The predicted molar refractivity (Wildman–Crippen MR) is 76.8 cm³/mol. The Morgan fingerprint density at radius 2 is 1.63 bits per heavy atom. The Kier molecular flexibility index (Phi) is 3.25. The summed E-state index contributed by atoms with van der Waals surface area (Å²) in [5.41, 5.74) is 1.87. The maximum Gasteiger partial charge on any atom is 0.0845 e. The number of hydrogen-bond acceptors (Lipinski definition) is 2. The van der Waals surface area contributed by atoms with E-state index in [0.29, 0.717) is 6.42 Å². The van der Waals surface area contributed by atoms with Crippen molar-refractivity contribution >= 4 is 10.8 Å². The van der Waals surface area contributed by atoms with Crippen LogP contribution < -0.4 is 0 Å². The summed E-state index contributed by atoms with van der Waals surface area (Å²) in [5, 5.41) is 12.6. The fourth-order valence-electron chi connectivity index (χ4n) is 2.32. The summed E-state index contributed by atoms with van der Waals surface area (Å²) >= 11 is 0. The fraction of sp³-hybridized carbons (Fsp3) is 0.118. The highest BCUT2D eigenvalue weighted by Crippen LogP contribution is 2.22. The normalized spacial score (nSPS) is 12.5. The minimum atomic E-state index is -0.514. The third-order valence-corrected chi connectivity index (χ3v) is 3.33. The van der Waals surface area contributed by atoms with Crippen molar-refractivity contribution in [1.29, 1.82) is 0 Å². The molecule has 2 aromatic carbocycles. The lowest BCUT2D eigenvalue weighted by molar-refractivity contribution is 0.177. The minimum Gasteiger partial charge on any atom is -0.388 e. The van der Waals surface area contributed by atoms with Crippen molar-refractivity contribution in [1.82, 2.24) is 4.98 Å². The number of hydrogen-bond donors (Lipinski definition) is 1. The standard InChI is InChI=1S/C17H15NO/c19-17(14-7-2-1-3-8-14)12-16-15-9-5-4-6-13(15)10-11-18-16/h1-11,17,19H,12H2. The molecule has 1 atom stereocenters. The number of pyridine rings is 1. The molecule has 0 aliphatic carbocycles. The SMILES string of the molecule is OC(Cc1nccc2ccccc12)c1ccccc1. The highest BCUT2D eigenvalue weighted by Gasteiger charge is 2.11. The van der Waals surface area contributed by atoms with E-state index in [1.165, 1.54) is 0 Å². The van der Waals surface area contributed by atoms with Crippen LogP contribution in [0, 0.1) is 0 Å². The highest BCUT2D eigenvalue weighted by atomic mass is 16.3. The molecule has 0 spiro atoms. The van der Waals surface area contributed by atoms with Crippen LogP contribution in [0.5, 0.6) is 0 Å². The van der Waals surface area contributed by atoms with Gasteiger partial charge >= 0.3 is 0 Å². The second-order valence-corrected chi connectivity index (χ2v) is 4.61. The van der Waals surface area contributed by atoms with Crippen LogP contribution in [0.1, 0.15) is 17.4 Å². The molecule has 19 heavy (non-hydrogen) atoms. The molecule has 0 fully saturated rings. The van der Waals surface area contributed by atoms with Gasteiger partial charge in [0.15, 0.2) is 0 Å². The van der Waals surface area contributed by atoms with Gasteiger partial charge in [-0.3, -0.25) is 4.98 Å². The largest absolute Gasteiger partial charge is 0.388 e. The smallest absolute Gasteiger partial charge is 0.0845 e. The first-order chi connectivity index (χ1) is 9.34. The van der Waals surface area contributed by atoms with Crippen molar-refractivity contribution in [3.63, 3.8) is 0 Å². The monoisotopic (exact) mass is 249 g/mol. The molecule has 1 heterocycles. The molecule has 0 aliphatic rings. The van der Waals surface area contributed by atoms with E-state index in [1.54, 1.807) is 6.20 Å². The Morgan fingerprint density at radius 1 is 0.895 bits per heavy atom. The van der Waals surface area contributed by atoms with E-state index in [0.717, 1.165) is 22.0 Å². The Morgan fingerprint density at radius 3 is 2.47 bits per heavy atom. The van der Waals surface area contributed by atoms with Gasteiger partial charge in [-0.25, -0.2) is 0 Å². The van der Waals surface area contributed by atoms with Crippen molar-refractivity contribution in [2.45, 2.75) is 12.5 Å². The molecule has 94 valence electrons. The van der Waals surface area contributed by atoms with Crippen molar-refractivity contribution in [3.8, 4) is 0 Å². The summed E-state index contributed by atoms with van der Waals surface area (Å²) in [6, 6.07) is 19.8. The first-order valence-corrected chi connectivity index (χ1v) is 6.40. The van der Waals surface area contributed by atoms with Crippen LogP contribution in [-0.2, 0) is 6.42 Å². The van der Waals surface area contributed by atoms with Crippen molar-refractivity contribution in [2.24, 2.45) is 0 Å². The van der Waals surface area contributed by atoms with Crippen LogP contribution in [0.4, 0.5) is 0 Å². The third kappa shape index (κ3) is 2.49. The number of fused-ring (bicyclic) bond motifs is 1. The van der Waals surface area contributed by atoms with Crippen LogP contribution in [0.3, 0.4) is 0 Å². The molecule has 3 aromatic rings.